The van der Waals surface area contributed by atoms with Crippen LogP contribution in [0.4, 0.5) is 5.13 Å². The quantitative estimate of drug-likeness (QED) is 0.758. The minimum Gasteiger partial charge on any atom is -0.334 e. The van der Waals surface area contributed by atoms with Gasteiger partial charge in [-0.15, -0.1) is 11.3 Å². The first-order valence-corrected chi connectivity index (χ1v) is 7.07. The SMILES string of the molecule is CC(N)c1csc(NS(=O)(=O)c2cnc[nH]2)n1. The number of hydrogen-bond donors (Lipinski definition) is 3. The van der Waals surface area contributed by atoms with Gasteiger partial charge in [0.15, 0.2) is 10.2 Å². The van der Waals surface area contributed by atoms with Crippen LogP contribution in [0.15, 0.2) is 22.9 Å². The van der Waals surface area contributed by atoms with Gasteiger partial charge in [-0.3, -0.25) is 4.72 Å². The summed E-state index contributed by atoms with van der Waals surface area (Å²) in [5.74, 6) is 0. The van der Waals surface area contributed by atoms with Crippen LogP contribution in [0.25, 0.3) is 0 Å². The molecule has 2 aromatic heterocycles. The Labute approximate surface area is 102 Å². The summed E-state index contributed by atoms with van der Waals surface area (Å²) >= 11 is 1.19. The number of imidazole rings is 1. The third-order valence-corrected chi connectivity index (χ3v) is 4.14. The second-order valence-electron chi connectivity index (χ2n) is 3.39. The van der Waals surface area contributed by atoms with E-state index in [4.69, 9.17) is 5.73 Å². The van der Waals surface area contributed by atoms with Crippen molar-refractivity contribution in [3.63, 3.8) is 0 Å². The first kappa shape index (κ1) is 12.0. The normalized spacial score (nSPS) is 13.5. The van der Waals surface area contributed by atoms with Crippen molar-refractivity contribution < 1.29 is 8.42 Å². The fraction of sp³-hybridized carbons (Fsp3) is 0.250. The Morgan fingerprint density at radius 2 is 2.35 bits per heavy atom. The molecule has 4 N–H and O–H groups in total. The summed E-state index contributed by atoms with van der Waals surface area (Å²) < 4.78 is 25.9. The molecule has 0 bridgehead atoms. The minimum atomic E-state index is -3.64. The van der Waals surface area contributed by atoms with E-state index in [-0.39, 0.29) is 16.2 Å². The Kier molecular flexibility index (Phi) is 3.13. The van der Waals surface area contributed by atoms with Crippen LogP contribution in [-0.4, -0.2) is 23.4 Å². The highest BCUT2D eigenvalue weighted by atomic mass is 32.2. The zero-order valence-electron chi connectivity index (χ0n) is 8.91. The van der Waals surface area contributed by atoms with Gasteiger partial charge in [0.05, 0.1) is 18.2 Å². The lowest BCUT2D eigenvalue weighted by molar-refractivity contribution is 0.598. The fourth-order valence-corrected chi connectivity index (χ4v) is 3.07. The molecule has 0 radical (unpaired) electrons. The lowest BCUT2D eigenvalue weighted by Gasteiger charge is -2.02. The van der Waals surface area contributed by atoms with Gasteiger partial charge in [0, 0.05) is 11.4 Å². The molecular formula is C8H11N5O2S2. The number of nitrogens with two attached hydrogens (primary N) is 1. The average molecular weight is 273 g/mol. The zero-order valence-corrected chi connectivity index (χ0v) is 10.5. The number of H-pyrrole nitrogens is 1. The standard InChI is InChI=1S/C8H11N5O2S2/c1-5(9)6-3-16-8(12-6)13-17(14,15)7-2-10-4-11-7/h2-5H,9H2,1H3,(H,10,11)(H,12,13). The van der Waals surface area contributed by atoms with Crippen molar-refractivity contribution in [2.24, 2.45) is 5.73 Å². The highest BCUT2D eigenvalue weighted by molar-refractivity contribution is 7.92. The molecule has 2 aromatic rings. The number of aromatic nitrogens is 3. The molecule has 0 aliphatic heterocycles. The van der Waals surface area contributed by atoms with Crippen molar-refractivity contribution in [1.29, 1.82) is 0 Å². The molecule has 2 rings (SSSR count). The van der Waals surface area contributed by atoms with Crippen LogP contribution in [0.5, 0.6) is 0 Å². The topological polar surface area (TPSA) is 114 Å². The molecule has 92 valence electrons. The Hall–Kier alpha value is -1.45. The molecule has 7 nitrogen and oxygen atoms in total. The largest absolute Gasteiger partial charge is 0.334 e. The number of rotatable bonds is 4. The van der Waals surface area contributed by atoms with E-state index in [0.717, 1.165) is 0 Å². The van der Waals surface area contributed by atoms with Gasteiger partial charge in [0.25, 0.3) is 10.0 Å². The summed E-state index contributed by atoms with van der Waals surface area (Å²) in [5, 5.41) is 2.00. The molecule has 0 saturated carbocycles. The Bertz CT molecular complexity index is 587. The van der Waals surface area contributed by atoms with Gasteiger partial charge in [-0.2, -0.15) is 8.42 Å². The number of sulfonamides is 1. The maximum Gasteiger partial charge on any atom is 0.280 e. The van der Waals surface area contributed by atoms with Crippen molar-refractivity contribution >= 4 is 26.5 Å². The van der Waals surface area contributed by atoms with Gasteiger partial charge in [-0.05, 0) is 6.92 Å². The van der Waals surface area contributed by atoms with E-state index in [9.17, 15) is 8.42 Å². The van der Waals surface area contributed by atoms with Crippen molar-refractivity contribution in [2.45, 2.75) is 18.0 Å². The molecule has 17 heavy (non-hydrogen) atoms. The zero-order chi connectivity index (χ0) is 12.5. The number of nitrogens with one attached hydrogen (secondary N) is 2. The van der Waals surface area contributed by atoms with Crippen molar-refractivity contribution in [2.75, 3.05) is 4.72 Å². The number of nitrogens with zero attached hydrogens (tertiary/aromatic N) is 2. The number of anilines is 1. The van der Waals surface area contributed by atoms with Gasteiger partial charge in [-0.1, -0.05) is 0 Å². The van der Waals surface area contributed by atoms with E-state index in [0.29, 0.717) is 5.69 Å². The molecule has 0 amide bonds. The van der Waals surface area contributed by atoms with E-state index in [2.05, 4.69) is 19.7 Å². The van der Waals surface area contributed by atoms with E-state index in [1.165, 1.54) is 23.9 Å². The van der Waals surface area contributed by atoms with Crippen LogP contribution in [0.3, 0.4) is 0 Å². The summed E-state index contributed by atoms with van der Waals surface area (Å²) in [6.07, 6.45) is 2.52. The van der Waals surface area contributed by atoms with E-state index in [1.807, 2.05) is 0 Å². The Balaban J connectivity index is 2.21. The van der Waals surface area contributed by atoms with Gasteiger partial charge in [-0.25, -0.2) is 9.97 Å². The van der Waals surface area contributed by atoms with Crippen LogP contribution in [0.2, 0.25) is 0 Å². The average Bonchev–Trinajstić information content (AvgIpc) is 2.85. The predicted octanol–water partition coefficient (Wildman–Crippen LogP) is 0.687. The van der Waals surface area contributed by atoms with Crippen LogP contribution in [0, 0.1) is 0 Å². The molecule has 0 aliphatic rings. The molecule has 1 unspecified atom stereocenters. The minimum absolute atomic E-state index is 0.00459. The predicted molar refractivity (Wildman–Crippen MR) is 64.1 cm³/mol. The summed E-state index contributed by atoms with van der Waals surface area (Å²) in [6.45, 7) is 1.78. The second-order valence-corrected chi connectivity index (χ2v) is 5.90. The first-order chi connectivity index (χ1) is 7.99. The number of thiazole rings is 1. The first-order valence-electron chi connectivity index (χ1n) is 4.71. The van der Waals surface area contributed by atoms with Crippen LogP contribution in [0.1, 0.15) is 18.7 Å². The third kappa shape index (κ3) is 2.62. The smallest absolute Gasteiger partial charge is 0.280 e. The van der Waals surface area contributed by atoms with Crippen LogP contribution < -0.4 is 10.5 Å². The van der Waals surface area contributed by atoms with E-state index < -0.39 is 10.0 Å². The van der Waals surface area contributed by atoms with Gasteiger partial charge >= 0.3 is 0 Å². The van der Waals surface area contributed by atoms with E-state index in [1.54, 1.807) is 12.3 Å². The third-order valence-electron chi connectivity index (χ3n) is 1.97. The lowest BCUT2D eigenvalue weighted by atomic mass is 10.3. The number of aromatic amines is 1. The summed E-state index contributed by atoms with van der Waals surface area (Å²) in [5.41, 5.74) is 6.29. The fourth-order valence-electron chi connectivity index (χ4n) is 1.10. The molecule has 1 atom stereocenters. The van der Waals surface area contributed by atoms with Crippen molar-refractivity contribution in [3.8, 4) is 0 Å². The summed E-state index contributed by atoms with van der Waals surface area (Å²) in [4.78, 5) is 10.2. The van der Waals surface area contributed by atoms with Crippen molar-refractivity contribution in [3.05, 3.63) is 23.6 Å². The van der Waals surface area contributed by atoms with E-state index >= 15 is 0 Å². The highest BCUT2D eigenvalue weighted by Gasteiger charge is 2.17. The van der Waals surface area contributed by atoms with Crippen molar-refractivity contribution in [1.82, 2.24) is 15.0 Å². The maximum atomic E-state index is 11.8. The maximum absolute atomic E-state index is 11.8. The molecule has 0 aliphatic carbocycles. The molecular weight excluding hydrogens is 262 g/mol. The lowest BCUT2D eigenvalue weighted by Crippen LogP contribution is -2.13. The Morgan fingerprint density at radius 3 is 2.88 bits per heavy atom. The molecule has 9 heteroatoms. The Morgan fingerprint density at radius 1 is 1.59 bits per heavy atom. The molecule has 0 saturated heterocycles. The highest BCUT2D eigenvalue weighted by Crippen LogP contribution is 2.21. The van der Waals surface area contributed by atoms with Gasteiger partial charge < -0.3 is 10.7 Å². The monoisotopic (exact) mass is 273 g/mol. The molecule has 0 spiro atoms. The van der Waals surface area contributed by atoms with Crippen LogP contribution in [-0.2, 0) is 10.0 Å². The van der Waals surface area contributed by atoms with Crippen LogP contribution >= 0.6 is 11.3 Å². The molecule has 0 fully saturated rings. The molecule has 0 aromatic carbocycles. The van der Waals surface area contributed by atoms with Gasteiger partial charge in [0.2, 0.25) is 0 Å². The summed E-state index contributed by atoms with van der Waals surface area (Å²) in [6, 6.07) is -0.225. The second kappa shape index (κ2) is 4.43. The number of hydrogen-bond acceptors (Lipinski definition) is 6. The molecule has 2 heterocycles. The summed E-state index contributed by atoms with van der Waals surface area (Å²) in [7, 11) is -3.64. The van der Waals surface area contributed by atoms with Gasteiger partial charge in [0.1, 0.15) is 0 Å².